The Morgan fingerprint density at radius 1 is 1.54 bits per heavy atom. The first-order valence-corrected chi connectivity index (χ1v) is 5.08. The van der Waals surface area contributed by atoms with Crippen LogP contribution in [0.15, 0.2) is 11.7 Å². The molecule has 0 amide bonds. The Kier molecular flexibility index (Phi) is 2.69. The Bertz CT molecular complexity index is 334. The zero-order valence-corrected chi connectivity index (χ0v) is 7.39. The second-order valence-corrected chi connectivity index (χ2v) is 4.67. The van der Waals surface area contributed by atoms with E-state index in [0.717, 1.165) is 0 Å². The molecule has 4 nitrogen and oxygen atoms in total. The molecule has 13 heavy (non-hydrogen) atoms. The van der Waals surface area contributed by atoms with Crippen LogP contribution in [0.2, 0.25) is 0 Å². The van der Waals surface area contributed by atoms with E-state index in [9.17, 15) is 17.2 Å². The smallest absolute Gasteiger partial charge is 0.271 e. The molecule has 0 saturated heterocycles. The van der Waals surface area contributed by atoms with Crippen molar-refractivity contribution in [2.45, 2.75) is 24.1 Å². The Balaban J connectivity index is 2.90. The van der Waals surface area contributed by atoms with Crippen LogP contribution in [0.5, 0.6) is 0 Å². The molecular formula is C6H9F2NO3S. The summed E-state index contributed by atoms with van der Waals surface area (Å²) in [5.41, 5.74) is 4.88. The molecule has 0 radical (unpaired) electrons. The monoisotopic (exact) mass is 213 g/mol. The van der Waals surface area contributed by atoms with Crippen molar-refractivity contribution in [2.24, 2.45) is 5.73 Å². The fraction of sp³-hybridized carbons (Fsp3) is 0.667. The van der Waals surface area contributed by atoms with Gasteiger partial charge in [-0.05, 0) is 12.8 Å². The van der Waals surface area contributed by atoms with Crippen LogP contribution in [0.3, 0.4) is 0 Å². The molecule has 1 aliphatic carbocycles. The average Bonchev–Trinajstić information content (AvgIpc) is 2.29. The van der Waals surface area contributed by atoms with Crippen molar-refractivity contribution >= 4 is 10.1 Å². The third-order valence-electron chi connectivity index (χ3n) is 2.08. The zero-order chi connectivity index (χ0) is 10.2. The van der Waals surface area contributed by atoms with Crippen LogP contribution in [0.25, 0.3) is 0 Å². The maximum absolute atomic E-state index is 12.1. The molecule has 0 aromatic rings. The predicted molar refractivity (Wildman–Crippen MR) is 41.8 cm³/mol. The molecule has 76 valence electrons. The summed E-state index contributed by atoms with van der Waals surface area (Å²) in [6.45, 7) is 0. The molecule has 0 bridgehead atoms. The molecule has 0 unspecified atom stereocenters. The summed E-state index contributed by atoms with van der Waals surface area (Å²) in [4.78, 5) is 0. The Morgan fingerprint density at radius 2 is 2.08 bits per heavy atom. The third-order valence-corrected chi connectivity index (χ3v) is 3.28. The van der Waals surface area contributed by atoms with E-state index in [1.807, 2.05) is 0 Å². The third kappa shape index (κ3) is 2.23. The van der Waals surface area contributed by atoms with E-state index in [0.29, 0.717) is 0 Å². The van der Waals surface area contributed by atoms with Gasteiger partial charge in [-0.1, -0.05) is 0 Å². The standard InChI is InChI=1S/C6H9F2NO3S/c7-6(8)4-1-3(2-5(4)9)13(10,11)12/h3,5H,1-2,9H2,(H,10,11,12)/t3-,5-/m0/s1. The molecule has 1 rings (SSSR count). The van der Waals surface area contributed by atoms with E-state index in [2.05, 4.69) is 0 Å². The summed E-state index contributed by atoms with van der Waals surface area (Å²) in [5, 5.41) is -1.18. The summed E-state index contributed by atoms with van der Waals surface area (Å²) >= 11 is 0. The molecular weight excluding hydrogens is 204 g/mol. The summed E-state index contributed by atoms with van der Waals surface area (Å²) in [5.74, 6) is 0. The minimum Gasteiger partial charge on any atom is -0.324 e. The van der Waals surface area contributed by atoms with Gasteiger partial charge in [-0.25, -0.2) is 0 Å². The fourth-order valence-electron chi connectivity index (χ4n) is 1.35. The highest BCUT2D eigenvalue weighted by molar-refractivity contribution is 7.86. The van der Waals surface area contributed by atoms with Crippen LogP contribution in [0.4, 0.5) is 8.78 Å². The normalized spacial score (nSPS) is 29.4. The van der Waals surface area contributed by atoms with E-state index in [1.54, 1.807) is 0 Å². The summed E-state index contributed by atoms with van der Waals surface area (Å²) in [6, 6.07) is -0.961. The van der Waals surface area contributed by atoms with Crippen molar-refractivity contribution in [1.29, 1.82) is 0 Å². The zero-order valence-electron chi connectivity index (χ0n) is 6.57. The molecule has 1 aliphatic rings. The van der Waals surface area contributed by atoms with E-state index in [-0.39, 0.29) is 18.4 Å². The first-order chi connectivity index (χ1) is 5.82. The number of nitrogens with two attached hydrogens (primary N) is 1. The lowest BCUT2D eigenvalue weighted by Gasteiger charge is -2.02. The van der Waals surface area contributed by atoms with Crippen LogP contribution in [0, 0.1) is 0 Å². The largest absolute Gasteiger partial charge is 0.324 e. The van der Waals surface area contributed by atoms with Gasteiger partial charge in [0.2, 0.25) is 0 Å². The van der Waals surface area contributed by atoms with Crippen molar-refractivity contribution in [2.75, 3.05) is 0 Å². The molecule has 7 heteroatoms. The molecule has 0 heterocycles. The average molecular weight is 213 g/mol. The van der Waals surface area contributed by atoms with E-state index in [4.69, 9.17) is 10.3 Å². The van der Waals surface area contributed by atoms with Crippen LogP contribution in [-0.4, -0.2) is 24.3 Å². The number of hydrogen-bond acceptors (Lipinski definition) is 3. The molecule has 2 atom stereocenters. The lowest BCUT2D eigenvalue weighted by atomic mass is 10.2. The molecule has 0 spiro atoms. The van der Waals surface area contributed by atoms with Crippen molar-refractivity contribution < 1.29 is 21.8 Å². The highest BCUT2D eigenvalue weighted by atomic mass is 32.2. The van der Waals surface area contributed by atoms with E-state index in [1.165, 1.54) is 0 Å². The molecule has 1 fully saturated rings. The lowest BCUT2D eigenvalue weighted by molar-refractivity contribution is 0.405. The van der Waals surface area contributed by atoms with Crippen molar-refractivity contribution in [3.05, 3.63) is 11.7 Å². The molecule has 0 aliphatic heterocycles. The lowest BCUT2D eigenvalue weighted by Crippen LogP contribution is -2.21. The summed E-state index contributed by atoms with van der Waals surface area (Å²) < 4.78 is 53.9. The first kappa shape index (κ1) is 10.6. The predicted octanol–water partition coefficient (Wildman–Crippen LogP) is 0.515. The second-order valence-electron chi connectivity index (χ2n) is 2.97. The topological polar surface area (TPSA) is 80.4 Å². The van der Waals surface area contributed by atoms with Gasteiger partial charge in [0.25, 0.3) is 16.2 Å². The maximum Gasteiger partial charge on any atom is 0.271 e. The van der Waals surface area contributed by atoms with Crippen LogP contribution in [-0.2, 0) is 10.1 Å². The van der Waals surface area contributed by atoms with Crippen LogP contribution >= 0.6 is 0 Å². The SMILES string of the molecule is N[C@H]1C[C@@H](S(=O)(=O)O)CC1=C(F)F. The Hall–Kier alpha value is -0.530. The van der Waals surface area contributed by atoms with Gasteiger partial charge < -0.3 is 5.73 Å². The van der Waals surface area contributed by atoms with E-state index < -0.39 is 27.5 Å². The summed E-state index contributed by atoms with van der Waals surface area (Å²) in [6.07, 6.45) is -2.47. The number of halogens is 2. The number of rotatable bonds is 1. The van der Waals surface area contributed by atoms with Gasteiger partial charge in [0.05, 0.1) is 5.25 Å². The Morgan fingerprint density at radius 3 is 2.31 bits per heavy atom. The van der Waals surface area contributed by atoms with Crippen molar-refractivity contribution in [3.63, 3.8) is 0 Å². The van der Waals surface area contributed by atoms with Crippen LogP contribution in [0.1, 0.15) is 12.8 Å². The molecule has 1 saturated carbocycles. The fourth-order valence-corrected chi connectivity index (χ4v) is 2.19. The molecule has 0 aromatic carbocycles. The second kappa shape index (κ2) is 3.32. The van der Waals surface area contributed by atoms with Gasteiger partial charge in [-0.15, -0.1) is 0 Å². The van der Waals surface area contributed by atoms with Gasteiger partial charge >= 0.3 is 0 Å². The molecule has 0 aromatic heterocycles. The highest BCUT2D eigenvalue weighted by Crippen LogP contribution is 2.31. The van der Waals surface area contributed by atoms with E-state index >= 15 is 0 Å². The quantitative estimate of drug-likeness (QED) is 0.622. The highest BCUT2D eigenvalue weighted by Gasteiger charge is 2.37. The molecule has 3 N–H and O–H groups in total. The minimum atomic E-state index is -4.25. The maximum atomic E-state index is 12.1. The van der Waals surface area contributed by atoms with Gasteiger partial charge in [0, 0.05) is 11.6 Å². The summed E-state index contributed by atoms with van der Waals surface area (Å²) in [7, 11) is -4.25. The van der Waals surface area contributed by atoms with Gasteiger partial charge in [-0.3, -0.25) is 4.55 Å². The Labute approximate surface area is 74.2 Å². The van der Waals surface area contributed by atoms with Gasteiger partial charge in [0.1, 0.15) is 0 Å². The van der Waals surface area contributed by atoms with Crippen LogP contribution < -0.4 is 5.73 Å². The van der Waals surface area contributed by atoms with Gasteiger partial charge in [-0.2, -0.15) is 17.2 Å². The first-order valence-electron chi connectivity index (χ1n) is 3.58. The van der Waals surface area contributed by atoms with Crippen molar-refractivity contribution in [3.8, 4) is 0 Å². The minimum absolute atomic E-state index is 0.147. The van der Waals surface area contributed by atoms with Crippen molar-refractivity contribution in [1.82, 2.24) is 0 Å². The number of hydrogen-bond donors (Lipinski definition) is 2. The van der Waals surface area contributed by atoms with Gasteiger partial charge in [0.15, 0.2) is 0 Å².